The highest BCUT2D eigenvalue weighted by molar-refractivity contribution is 9.10. The normalized spacial score (nSPS) is 11.6. The van der Waals surface area contributed by atoms with Crippen LogP contribution in [0.25, 0.3) is 0 Å². The lowest BCUT2D eigenvalue weighted by Crippen LogP contribution is -2.16. The van der Waals surface area contributed by atoms with Gasteiger partial charge in [-0.1, -0.05) is 15.9 Å². The number of imidazole rings is 1. The molecule has 0 atom stereocenters. The molecule has 0 fully saturated rings. The minimum atomic E-state index is -4.60. The maximum absolute atomic E-state index is 12.9. The molecule has 3 nitrogen and oxygen atoms in total. The topological polar surface area (TPSA) is 34.9 Å². The van der Waals surface area contributed by atoms with E-state index in [1.54, 1.807) is 7.05 Å². The van der Waals surface area contributed by atoms with Gasteiger partial charge in [-0.25, -0.2) is 4.98 Å². The molecule has 0 spiro atoms. The van der Waals surface area contributed by atoms with E-state index < -0.39 is 23.1 Å². The van der Waals surface area contributed by atoms with Crippen molar-refractivity contribution in [3.8, 4) is 0 Å². The Hall–Kier alpha value is -1.63. The number of ketones is 1. The van der Waals surface area contributed by atoms with Crippen molar-refractivity contribution in [2.75, 3.05) is 0 Å². The summed E-state index contributed by atoms with van der Waals surface area (Å²) < 4.78 is 40.4. The molecule has 0 amide bonds. The van der Waals surface area contributed by atoms with Gasteiger partial charge in [-0.15, -0.1) is 0 Å². The first-order chi connectivity index (χ1) is 8.80. The van der Waals surface area contributed by atoms with Crippen LogP contribution in [0.2, 0.25) is 0 Å². The van der Waals surface area contributed by atoms with Crippen molar-refractivity contribution in [3.63, 3.8) is 0 Å². The van der Waals surface area contributed by atoms with Crippen LogP contribution in [0.4, 0.5) is 13.2 Å². The van der Waals surface area contributed by atoms with Gasteiger partial charge in [0.1, 0.15) is 0 Å². The Morgan fingerprint density at radius 1 is 1.37 bits per heavy atom. The highest BCUT2D eigenvalue weighted by atomic mass is 79.9. The van der Waals surface area contributed by atoms with E-state index in [9.17, 15) is 18.0 Å². The van der Waals surface area contributed by atoms with Crippen LogP contribution in [0.15, 0.2) is 35.1 Å². The molecule has 0 aliphatic rings. The molecule has 1 heterocycles. The van der Waals surface area contributed by atoms with E-state index in [1.807, 2.05) is 0 Å². The van der Waals surface area contributed by atoms with Gasteiger partial charge in [-0.05, 0) is 18.2 Å². The average molecular weight is 333 g/mol. The molecule has 0 aliphatic heterocycles. The third kappa shape index (κ3) is 2.70. The summed E-state index contributed by atoms with van der Waals surface area (Å²) >= 11 is 2.97. The molecule has 0 radical (unpaired) electrons. The average Bonchev–Trinajstić information content (AvgIpc) is 2.73. The molecule has 0 bridgehead atoms. The Morgan fingerprint density at radius 3 is 2.58 bits per heavy atom. The molecule has 0 unspecified atom stereocenters. The van der Waals surface area contributed by atoms with Crippen LogP contribution in [-0.2, 0) is 13.2 Å². The van der Waals surface area contributed by atoms with Gasteiger partial charge in [0, 0.05) is 29.5 Å². The fourth-order valence-electron chi connectivity index (χ4n) is 1.65. The number of aryl methyl sites for hydroxylation is 1. The van der Waals surface area contributed by atoms with Crippen molar-refractivity contribution in [2.45, 2.75) is 6.18 Å². The van der Waals surface area contributed by atoms with Crippen molar-refractivity contribution in [2.24, 2.45) is 7.05 Å². The zero-order valence-corrected chi connectivity index (χ0v) is 11.3. The van der Waals surface area contributed by atoms with E-state index >= 15 is 0 Å². The van der Waals surface area contributed by atoms with Crippen LogP contribution in [-0.4, -0.2) is 15.3 Å². The molecular weight excluding hydrogens is 325 g/mol. The molecule has 0 saturated heterocycles. The summed E-state index contributed by atoms with van der Waals surface area (Å²) in [5, 5.41) is 0. The van der Waals surface area contributed by atoms with Crippen molar-refractivity contribution < 1.29 is 18.0 Å². The van der Waals surface area contributed by atoms with E-state index in [0.717, 1.165) is 12.1 Å². The monoisotopic (exact) mass is 332 g/mol. The first kappa shape index (κ1) is 13.8. The summed E-state index contributed by atoms with van der Waals surface area (Å²) in [7, 11) is 1.55. The summed E-state index contributed by atoms with van der Waals surface area (Å²) in [6.07, 6.45) is -1.74. The molecule has 0 saturated carbocycles. The lowest BCUT2D eigenvalue weighted by atomic mass is 10.0. The first-order valence-electron chi connectivity index (χ1n) is 5.19. The smallest absolute Gasteiger partial charge is 0.331 e. The largest absolute Gasteiger partial charge is 0.417 e. The van der Waals surface area contributed by atoms with Gasteiger partial charge >= 0.3 is 6.18 Å². The highest BCUT2D eigenvalue weighted by Crippen LogP contribution is 2.34. The Bertz CT molecular complexity index is 634. The molecule has 2 rings (SSSR count). The van der Waals surface area contributed by atoms with Gasteiger partial charge in [-0.3, -0.25) is 4.79 Å². The Labute approximate surface area is 115 Å². The molecule has 0 aliphatic carbocycles. The van der Waals surface area contributed by atoms with Gasteiger partial charge in [0.25, 0.3) is 0 Å². The lowest BCUT2D eigenvalue weighted by Gasteiger charge is -2.12. The number of alkyl halides is 3. The van der Waals surface area contributed by atoms with Crippen LogP contribution < -0.4 is 0 Å². The van der Waals surface area contributed by atoms with E-state index in [2.05, 4.69) is 20.9 Å². The lowest BCUT2D eigenvalue weighted by molar-refractivity contribution is -0.137. The van der Waals surface area contributed by atoms with E-state index in [0.29, 0.717) is 0 Å². The summed E-state index contributed by atoms with van der Waals surface area (Å²) in [5.74, 6) is -0.792. The second kappa shape index (κ2) is 4.80. The molecule has 7 heteroatoms. The maximum Gasteiger partial charge on any atom is 0.417 e. The Kier molecular flexibility index (Phi) is 3.49. The summed E-state index contributed by atoms with van der Waals surface area (Å²) in [6, 6.07) is 3.42. The maximum atomic E-state index is 12.9. The number of benzene rings is 1. The van der Waals surface area contributed by atoms with Crippen LogP contribution in [0.5, 0.6) is 0 Å². The second-order valence-electron chi connectivity index (χ2n) is 3.88. The van der Waals surface area contributed by atoms with Gasteiger partial charge < -0.3 is 4.57 Å². The zero-order chi connectivity index (χ0) is 14.2. The number of carbonyl (C=O) groups is 1. The molecular formula is C12H8BrF3N2O. The zero-order valence-electron chi connectivity index (χ0n) is 9.70. The minimum Gasteiger partial charge on any atom is -0.331 e. The fraction of sp³-hybridized carbons (Fsp3) is 0.167. The fourth-order valence-corrected chi connectivity index (χ4v) is 2.01. The van der Waals surface area contributed by atoms with E-state index in [-0.39, 0.29) is 10.3 Å². The first-order valence-corrected chi connectivity index (χ1v) is 5.99. The molecule has 100 valence electrons. The highest BCUT2D eigenvalue weighted by Gasteiger charge is 2.36. The SMILES string of the molecule is Cn1ccnc1C(=O)c1ccc(Br)cc1C(F)(F)F. The van der Waals surface area contributed by atoms with Crippen LogP contribution >= 0.6 is 15.9 Å². The van der Waals surface area contributed by atoms with E-state index in [1.165, 1.54) is 23.0 Å². The van der Waals surface area contributed by atoms with Gasteiger partial charge in [0.2, 0.25) is 5.78 Å². The summed E-state index contributed by atoms with van der Waals surface area (Å²) in [4.78, 5) is 15.9. The molecule has 2 aromatic rings. The molecule has 1 aromatic carbocycles. The van der Waals surface area contributed by atoms with Crippen LogP contribution in [0.1, 0.15) is 21.7 Å². The van der Waals surface area contributed by atoms with Crippen molar-refractivity contribution in [3.05, 3.63) is 52.0 Å². The van der Waals surface area contributed by atoms with Crippen molar-refractivity contribution in [1.29, 1.82) is 0 Å². The molecule has 0 N–H and O–H groups in total. The van der Waals surface area contributed by atoms with Crippen LogP contribution in [0, 0.1) is 0 Å². The predicted molar refractivity (Wildman–Crippen MR) is 65.8 cm³/mol. The third-order valence-corrected chi connectivity index (χ3v) is 3.05. The number of rotatable bonds is 2. The second-order valence-corrected chi connectivity index (χ2v) is 4.79. The number of halogens is 4. The molecule has 1 aromatic heterocycles. The quantitative estimate of drug-likeness (QED) is 0.790. The Balaban J connectivity index is 2.57. The van der Waals surface area contributed by atoms with Crippen molar-refractivity contribution in [1.82, 2.24) is 9.55 Å². The van der Waals surface area contributed by atoms with Gasteiger partial charge in [0.15, 0.2) is 5.82 Å². The van der Waals surface area contributed by atoms with Gasteiger partial charge in [-0.2, -0.15) is 13.2 Å². The third-order valence-electron chi connectivity index (χ3n) is 2.56. The Morgan fingerprint density at radius 2 is 2.05 bits per heavy atom. The number of carbonyl (C=O) groups excluding carboxylic acids is 1. The van der Waals surface area contributed by atoms with Gasteiger partial charge in [0.05, 0.1) is 5.56 Å². The molecule has 19 heavy (non-hydrogen) atoms. The van der Waals surface area contributed by atoms with Crippen LogP contribution in [0.3, 0.4) is 0 Å². The van der Waals surface area contributed by atoms with E-state index in [4.69, 9.17) is 0 Å². The number of aromatic nitrogens is 2. The number of nitrogens with zero attached hydrogens (tertiary/aromatic N) is 2. The summed E-state index contributed by atoms with van der Waals surface area (Å²) in [6.45, 7) is 0. The number of hydrogen-bond donors (Lipinski definition) is 0. The predicted octanol–water partition coefficient (Wildman–Crippen LogP) is 3.43. The minimum absolute atomic E-state index is 0.0344. The standard InChI is InChI=1S/C12H8BrF3N2O/c1-18-5-4-17-11(18)10(19)8-3-2-7(13)6-9(8)12(14,15)16/h2-6H,1H3. The van der Waals surface area contributed by atoms with Crippen molar-refractivity contribution >= 4 is 21.7 Å². The summed E-state index contributed by atoms with van der Waals surface area (Å²) in [5.41, 5.74) is -1.39. The number of hydrogen-bond acceptors (Lipinski definition) is 2.